The third-order valence-corrected chi connectivity index (χ3v) is 4.75. The first-order chi connectivity index (χ1) is 7.38. The lowest BCUT2D eigenvalue weighted by molar-refractivity contribution is -0.138. The van der Waals surface area contributed by atoms with Crippen LogP contribution in [-0.4, -0.2) is 32.6 Å². The van der Waals surface area contributed by atoms with Crippen LogP contribution in [0.3, 0.4) is 0 Å². The summed E-state index contributed by atoms with van der Waals surface area (Å²) in [6.45, 7) is 1.25. The van der Waals surface area contributed by atoms with Gasteiger partial charge in [0.05, 0.1) is 7.11 Å². The van der Waals surface area contributed by atoms with E-state index in [0.29, 0.717) is 0 Å². The van der Waals surface area contributed by atoms with Crippen LogP contribution < -0.4 is 9.46 Å². The van der Waals surface area contributed by atoms with Gasteiger partial charge < -0.3 is 9.84 Å². The highest BCUT2D eigenvalue weighted by Gasteiger charge is 2.25. The van der Waals surface area contributed by atoms with Crippen molar-refractivity contribution < 1.29 is 23.1 Å². The normalized spacial score (nSPS) is 13.4. The molecule has 0 aliphatic carbocycles. The molecule has 2 N–H and O–H groups in total. The van der Waals surface area contributed by atoms with E-state index < -0.39 is 22.0 Å². The van der Waals surface area contributed by atoms with Crippen LogP contribution in [-0.2, 0) is 14.8 Å². The number of nitrogens with one attached hydrogen (secondary N) is 1. The van der Waals surface area contributed by atoms with Crippen molar-refractivity contribution in [1.82, 2.24) is 4.72 Å². The van der Waals surface area contributed by atoms with Crippen molar-refractivity contribution in [1.29, 1.82) is 0 Å². The Morgan fingerprint density at radius 1 is 1.62 bits per heavy atom. The molecule has 0 saturated carbocycles. The molecule has 0 aliphatic rings. The molecule has 0 radical (unpaired) electrons. The predicted molar refractivity (Wildman–Crippen MR) is 58.3 cm³/mol. The Balaban J connectivity index is 2.99. The molecule has 0 fully saturated rings. The van der Waals surface area contributed by atoms with E-state index in [-0.39, 0.29) is 9.96 Å². The van der Waals surface area contributed by atoms with E-state index in [2.05, 4.69) is 0 Å². The largest absolute Gasteiger partial charge is 0.494 e. The van der Waals surface area contributed by atoms with Crippen LogP contribution in [0, 0.1) is 0 Å². The molecule has 6 nitrogen and oxygen atoms in total. The van der Waals surface area contributed by atoms with Gasteiger partial charge in [-0.15, -0.1) is 11.3 Å². The molecule has 1 aromatic rings. The molecule has 0 amide bonds. The van der Waals surface area contributed by atoms with E-state index in [0.717, 1.165) is 11.3 Å². The average molecular weight is 265 g/mol. The van der Waals surface area contributed by atoms with E-state index in [1.165, 1.54) is 20.1 Å². The van der Waals surface area contributed by atoms with Crippen LogP contribution in [0.1, 0.15) is 6.92 Å². The average Bonchev–Trinajstić information content (AvgIpc) is 2.64. The quantitative estimate of drug-likeness (QED) is 0.809. The summed E-state index contributed by atoms with van der Waals surface area (Å²) < 4.78 is 30.4. The van der Waals surface area contributed by atoms with Crippen molar-refractivity contribution >= 4 is 27.3 Å². The van der Waals surface area contributed by atoms with Crippen LogP contribution in [0.25, 0.3) is 0 Å². The SMILES string of the molecule is COc1ccsc1S(=O)(=O)N[C@H](C)C(=O)O. The smallest absolute Gasteiger partial charge is 0.321 e. The van der Waals surface area contributed by atoms with Crippen LogP contribution in [0.4, 0.5) is 0 Å². The van der Waals surface area contributed by atoms with Crippen molar-refractivity contribution in [2.24, 2.45) is 0 Å². The highest BCUT2D eigenvalue weighted by Crippen LogP contribution is 2.29. The minimum Gasteiger partial charge on any atom is -0.494 e. The molecule has 0 aromatic carbocycles. The maximum Gasteiger partial charge on any atom is 0.321 e. The highest BCUT2D eigenvalue weighted by atomic mass is 32.2. The van der Waals surface area contributed by atoms with Gasteiger partial charge in [0.15, 0.2) is 4.21 Å². The van der Waals surface area contributed by atoms with E-state index in [1.54, 1.807) is 5.38 Å². The fraction of sp³-hybridized carbons (Fsp3) is 0.375. The molecule has 16 heavy (non-hydrogen) atoms. The number of sulfonamides is 1. The zero-order valence-electron chi connectivity index (χ0n) is 8.63. The second-order valence-electron chi connectivity index (χ2n) is 2.96. The Morgan fingerprint density at radius 2 is 2.25 bits per heavy atom. The van der Waals surface area contributed by atoms with E-state index >= 15 is 0 Å². The maximum absolute atomic E-state index is 11.7. The first-order valence-corrected chi connectivity index (χ1v) is 6.61. The van der Waals surface area contributed by atoms with Crippen molar-refractivity contribution in [2.75, 3.05) is 7.11 Å². The number of carbonyl (C=O) groups is 1. The van der Waals surface area contributed by atoms with E-state index in [1.807, 2.05) is 4.72 Å². The van der Waals surface area contributed by atoms with Gasteiger partial charge in [0.2, 0.25) is 0 Å². The van der Waals surface area contributed by atoms with Gasteiger partial charge in [-0.3, -0.25) is 4.79 Å². The zero-order chi connectivity index (χ0) is 12.3. The number of aliphatic carboxylic acids is 1. The summed E-state index contributed by atoms with van der Waals surface area (Å²) in [6.07, 6.45) is 0. The topological polar surface area (TPSA) is 92.7 Å². The van der Waals surface area contributed by atoms with Gasteiger partial charge >= 0.3 is 5.97 Å². The highest BCUT2D eigenvalue weighted by molar-refractivity contribution is 7.91. The van der Waals surface area contributed by atoms with Gasteiger partial charge in [-0.25, -0.2) is 8.42 Å². The van der Waals surface area contributed by atoms with Gasteiger partial charge in [-0.05, 0) is 18.4 Å². The van der Waals surface area contributed by atoms with Gasteiger partial charge in [-0.2, -0.15) is 4.72 Å². The van der Waals surface area contributed by atoms with Crippen molar-refractivity contribution in [3.05, 3.63) is 11.4 Å². The fourth-order valence-electron chi connectivity index (χ4n) is 0.968. The van der Waals surface area contributed by atoms with E-state index in [9.17, 15) is 13.2 Å². The summed E-state index contributed by atoms with van der Waals surface area (Å²) >= 11 is 0.966. The first-order valence-electron chi connectivity index (χ1n) is 4.25. The summed E-state index contributed by atoms with van der Waals surface area (Å²) in [7, 11) is -2.49. The third kappa shape index (κ3) is 2.71. The van der Waals surface area contributed by atoms with Crippen LogP contribution in [0.5, 0.6) is 5.75 Å². The lowest BCUT2D eigenvalue weighted by Crippen LogP contribution is -2.38. The van der Waals surface area contributed by atoms with Gasteiger partial charge in [0, 0.05) is 0 Å². The minimum absolute atomic E-state index is 0.0249. The second kappa shape index (κ2) is 4.81. The Kier molecular flexibility index (Phi) is 3.89. The molecule has 0 bridgehead atoms. The first kappa shape index (κ1) is 12.9. The van der Waals surface area contributed by atoms with Crippen molar-refractivity contribution in [3.63, 3.8) is 0 Å². The molecule has 0 aliphatic heterocycles. The number of carboxylic acids is 1. The molecule has 1 rings (SSSR count). The van der Waals surface area contributed by atoms with Crippen molar-refractivity contribution in [2.45, 2.75) is 17.2 Å². The molecule has 90 valence electrons. The lowest BCUT2D eigenvalue weighted by Gasteiger charge is -2.09. The molecular formula is C8H11NO5S2. The molecule has 0 unspecified atom stereocenters. The summed E-state index contributed by atoms with van der Waals surface area (Å²) in [4.78, 5) is 10.5. The van der Waals surface area contributed by atoms with Gasteiger partial charge in [0.1, 0.15) is 11.8 Å². The van der Waals surface area contributed by atoms with E-state index in [4.69, 9.17) is 9.84 Å². The van der Waals surface area contributed by atoms with Gasteiger partial charge in [-0.1, -0.05) is 0 Å². The Morgan fingerprint density at radius 3 is 2.75 bits per heavy atom. The Hall–Kier alpha value is -1.12. The third-order valence-electron chi connectivity index (χ3n) is 1.76. The summed E-state index contributed by atoms with van der Waals surface area (Å²) in [5.74, 6) is -1.03. The molecule has 8 heteroatoms. The van der Waals surface area contributed by atoms with Crippen LogP contribution in [0.2, 0.25) is 0 Å². The standard InChI is InChI=1S/C8H11NO5S2/c1-5(7(10)11)9-16(12,13)8-6(14-2)3-4-15-8/h3-5,9H,1-2H3,(H,10,11)/t5-/m1/s1. The number of methoxy groups -OCH3 is 1. The maximum atomic E-state index is 11.7. The van der Waals surface area contributed by atoms with Crippen molar-refractivity contribution in [3.8, 4) is 5.75 Å². The molecule has 1 heterocycles. The zero-order valence-corrected chi connectivity index (χ0v) is 10.3. The molecular weight excluding hydrogens is 254 g/mol. The number of thiophene rings is 1. The van der Waals surface area contributed by atoms with Crippen LogP contribution >= 0.6 is 11.3 Å². The molecule has 0 spiro atoms. The summed E-state index contributed by atoms with van der Waals surface area (Å²) in [6, 6.07) is 0.321. The molecule has 0 saturated heterocycles. The predicted octanol–water partition coefficient (Wildman–Crippen LogP) is 0.508. The number of hydrogen-bond acceptors (Lipinski definition) is 5. The van der Waals surface area contributed by atoms with Gasteiger partial charge in [0.25, 0.3) is 10.0 Å². The number of ether oxygens (including phenoxy) is 1. The monoisotopic (exact) mass is 265 g/mol. The Bertz CT molecular complexity index is 478. The second-order valence-corrected chi connectivity index (χ2v) is 5.78. The summed E-state index contributed by atoms with van der Waals surface area (Å²) in [5.41, 5.74) is 0. The number of rotatable bonds is 5. The lowest BCUT2D eigenvalue weighted by atomic mass is 10.4. The van der Waals surface area contributed by atoms with Crippen LogP contribution in [0.15, 0.2) is 15.7 Å². The number of carboxylic acid groups (broad SMARTS) is 1. The number of hydrogen-bond donors (Lipinski definition) is 2. The summed E-state index contributed by atoms with van der Waals surface area (Å²) in [5, 5.41) is 10.2. The Labute approximate surface area is 96.9 Å². The minimum atomic E-state index is -3.84. The fourth-order valence-corrected chi connectivity index (χ4v) is 3.46. The molecule has 1 atom stereocenters. The molecule has 1 aromatic heterocycles.